The van der Waals surface area contributed by atoms with Crippen molar-refractivity contribution in [1.29, 1.82) is 0 Å². The summed E-state index contributed by atoms with van der Waals surface area (Å²) in [7, 11) is 0. The number of hydrogen-bond acceptors (Lipinski definition) is 6. The summed E-state index contributed by atoms with van der Waals surface area (Å²) in [5, 5.41) is 25.5. The molecule has 1 rings (SSSR count). The summed E-state index contributed by atoms with van der Waals surface area (Å²) in [4.78, 5) is 32.1. The van der Waals surface area contributed by atoms with E-state index in [0.29, 0.717) is 6.42 Å². The molecule has 0 radical (unpaired) electrons. The van der Waals surface area contributed by atoms with Gasteiger partial charge in [-0.15, -0.1) is 0 Å². The van der Waals surface area contributed by atoms with E-state index in [4.69, 9.17) is 0 Å². The Morgan fingerprint density at radius 3 is 1.93 bits per heavy atom. The number of nitrogens with zero attached hydrogens (tertiary/aromatic N) is 3. The van der Waals surface area contributed by atoms with Crippen LogP contribution in [0.2, 0.25) is 0 Å². The largest absolute Gasteiger partial charge is 0.277 e. The molecule has 9 nitrogen and oxygen atoms in total. The number of carbonyl (C=O) groups excluding carboxylic acids is 1. The topological polar surface area (TPSA) is 128 Å². The molecule has 0 heterocycles. The summed E-state index contributed by atoms with van der Waals surface area (Å²) in [6, 6.07) is 2.78. The fraction of sp³-hybridized carbons (Fsp3) is 0.579. The first-order valence-electron chi connectivity index (χ1n) is 9.71. The van der Waals surface area contributed by atoms with E-state index in [1.807, 2.05) is 0 Å². The van der Waals surface area contributed by atoms with Crippen LogP contribution in [0.5, 0.6) is 0 Å². The fourth-order valence-corrected chi connectivity index (χ4v) is 2.72. The maximum atomic E-state index is 12.0. The van der Waals surface area contributed by atoms with Crippen molar-refractivity contribution in [3.63, 3.8) is 0 Å². The lowest BCUT2D eigenvalue weighted by Gasteiger charge is -2.01. The Labute approximate surface area is 164 Å². The van der Waals surface area contributed by atoms with Gasteiger partial charge in [0, 0.05) is 18.3 Å². The zero-order chi connectivity index (χ0) is 20.8. The van der Waals surface area contributed by atoms with Crippen LogP contribution in [0, 0.1) is 20.2 Å². The van der Waals surface area contributed by atoms with Gasteiger partial charge in [0.1, 0.15) is 0 Å². The second-order valence-corrected chi connectivity index (χ2v) is 6.62. The Balaban J connectivity index is 2.32. The highest BCUT2D eigenvalue weighted by Gasteiger charge is 2.19. The number of non-ortho nitro benzene ring substituents is 2. The van der Waals surface area contributed by atoms with Crippen LogP contribution >= 0.6 is 0 Å². The van der Waals surface area contributed by atoms with Crippen molar-refractivity contribution in [3.05, 3.63) is 44.0 Å². The summed E-state index contributed by atoms with van der Waals surface area (Å²) < 4.78 is 0. The van der Waals surface area contributed by atoms with Crippen LogP contribution in [0.4, 0.5) is 11.4 Å². The monoisotopic (exact) mass is 392 g/mol. The quantitative estimate of drug-likeness (QED) is 0.203. The van der Waals surface area contributed by atoms with Gasteiger partial charge < -0.3 is 0 Å². The van der Waals surface area contributed by atoms with E-state index in [2.05, 4.69) is 17.5 Å². The molecule has 28 heavy (non-hydrogen) atoms. The van der Waals surface area contributed by atoms with Gasteiger partial charge in [0.2, 0.25) is 0 Å². The number of nitro benzene ring substituents is 2. The molecule has 1 N–H and O–H groups in total. The summed E-state index contributed by atoms with van der Waals surface area (Å²) >= 11 is 0. The van der Waals surface area contributed by atoms with Gasteiger partial charge in [0.15, 0.2) is 0 Å². The van der Waals surface area contributed by atoms with Gasteiger partial charge in [-0.2, -0.15) is 5.10 Å². The van der Waals surface area contributed by atoms with Crippen LogP contribution in [-0.2, 0) is 0 Å². The second kappa shape index (κ2) is 13.3. The Morgan fingerprint density at radius 1 is 0.929 bits per heavy atom. The van der Waals surface area contributed by atoms with Gasteiger partial charge in [-0.3, -0.25) is 25.0 Å². The average molecular weight is 392 g/mol. The van der Waals surface area contributed by atoms with Crippen molar-refractivity contribution < 1.29 is 14.6 Å². The van der Waals surface area contributed by atoms with Crippen molar-refractivity contribution in [3.8, 4) is 0 Å². The average Bonchev–Trinajstić information content (AvgIpc) is 2.68. The van der Waals surface area contributed by atoms with Gasteiger partial charge >= 0.3 is 0 Å². The van der Waals surface area contributed by atoms with Crippen molar-refractivity contribution in [2.75, 3.05) is 0 Å². The molecular weight excluding hydrogens is 364 g/mol. The number of unbranched alkanes of at least 4 members (excludes halogenated alkanes) is 9. The Kier molecular flexibility index (Phi) is 11.1. The number of amides is 1. The SMILES string of the molecule is CCCCCCCCCCC/C=N\NC(=O)c1cc([N+](=O)[O-])cc([N+](=O)[O-])c1. The maximum Gasteiger partial charge on any atom is 0.277 e. The highest BCUT2D eigenvalue weighted by atomic mass is 16.6. The molecule has 0 aliphatic rings. The molecule has 0 fully saturated rings. The second-order valence-electron chi connectivity index (χ2n) is 6.62. The van der Waals surface area contributed by atoms with Crippen molar-refractivity contribution in [1.82, 2.24) is 5.43 Å². The lowest BCUT2D eigenvalue weighted by atomic mass is 10.1. The summed E-state index contributed by atoms with van der Waals surface area (Å²) in [6.45, 7) is 2.21. The van der Waals surface area contributed by atoms with Crippen molar-refractivity contribution in [2.24, 2.45) is 5.10 Å². The standard InChI is InChI=1S/C19H28N4O5/c1-2-3-4-5-6-7-8-9-10-11-12-20-21-19(24)16-13-17(22(25)26)15-18(14-16)23(27)28/h12-15H,2-11H2,1H3,(H,21,24)/b20-12-. The zero-order valence-electron chi connectivity index (χ0n) is 16.3. The number of benzene rings is 1. The Hall–Kier alpha value is -2.84. The predicted octanol–water partition coefficient (Wildman–Crippen LogP) is 5.14. The first kappa shape index (κ1) is 23.2. The smallest absolute Gasteiger partial charge is 0.267 e. The van der Waals surface area contributed by atoms with Gasteiger partial charge in [0.05, 0.1) is 21.5 Å². The van der Waals surface area contributed by atoms with E-state index in [0.717, 1.165) is 31.0 Å². The molecule has 154 valence electrons. The normalized spacial score (nSPS) is 10.9. The van der Waals surface area contributed by atoms with Crippen LogP contribution in [0.3, 0.4) is 0 Å². The van der Waals surface area contributed by atoms with E-state index in [1.165, 1.54) is 44.9 Å². The highest BCUT2D eigenvalue weighted by molar-refractivity contribution is 5.95. The molecule has 0 spiro atoms. The molecule has 0 aromatic heterocycles. The van der Waals surface area contributed by atoms with Gasteiger partial charge in [-0.1, -0.05) is 58.3 Å². The van der Waals surface area contributed by atoms with E-state index >= 15 is 0 Å². The van der Waals surface area contributed by atoms with Gasteiger partial charge in [-0.25, -0.2) is 5.43 Å². The molecule has 0 atom stereocenters. The molecule has 1 amide bonds. The van der Waals surface area contributed by atoms with E-state index in [9.17, 15) is 25.0 Å². The number of carbonyl (C=O) groups is 1. The number of hydrogen-bond donors (Lipinski definition) is 1. The molecule has 0 saturated carbocycles. The summed E-state index contributed by atoms with van der Waals surface area (Å²) in [5.74, 6) is -0.727. The summed E-state index contributed by atoms with van der Waals surface area (Å²) in [6.07, 6.45) is 13.2. The number of nitrogens with one attached hydrogen (secondary N) is 1. The van der Waals surface area contributed by atoms with Crippen LogP contribution < -0.4 is 5.43 Å². The van der Waals surface area contributed by atoms with Crippen LogP contribution in [0.15, 0.2) is 23.3 Å². The molecular formula is C19H28N4O5. The fourth-order valence-electron chi connectivity index (χ4n) is 2.72. The minimum atomic E-state index is -0.781. The molecule has 0 unspecified atom stereocenters. The predicted molar refractivity (Wildman–Crippen MR) is 108 cm³/mol. The van der Waals surface area contributed by atoms with Crippen LogP contribution in [0.25, 0.3) is 0 Å². The molecule has 9 heteroatoms. The van der Waals surface area contributed by atoms with Gasteiger partial charge in [0.25, 0.3) is 17.3 Å². The van der Waals surface area contributed by atoms with Gasteiger partial charge in [-0.05, 0) is 12.8 Å². The Morgan fingerprint density at radius 2 is 1.43 bits per heavy atom. The van der Waals surface area contributed by atoms with Crippen molar-refractivity contribution >= 4 is 23.5 Å². The number of rotatable bonds is 14. The highest BCUT2D eigenvalue weighted by Crippen LogP contribution is 2.22. The maximum absolute atomic E-state index is 12.0. The van der Waals surface area contributed by atoms with Crippen LogP contribution in [0.1, 0.15) is 81.5 Å². The Bertz CT molecular complexity index is 659. The molecule has 1 aromatic rings. The molecule has 0 saturated heterocycles. The third-order valence-corrected chi connectivity index (χ3v) is 4.28. The molecule has 0 aliphatic heterocycles. The first-order valence-corrected chi connectivity index (χ1v) is 9.71. The van der Waals surface area contributed by atoms with E-state index in [1.54, 1.807) is 6.21 Å². The number of nitro groups is 2. The first-order chi connectivity index (χ1) is 13.5. The minimum absolute atomic E-state index is 0.180. The third-order valence-electron chi connectivity index (χ3n) is 4.28. The lowest BCUT2D eigenvalue weighted by molar-refractivity contribution is -0.394. The van der Waals surface area contributed by atoms with E-state index < -0.39 is 27.1 Å². The van der Waals surface area contributed by atoms with E-state index in [-0.39, 0.29) is 5.56 Å². The minimum Gasteiger partial charge on any atom is -0.267 e. The summed E-state index contributed by atoms with van der Waals surface area (Å²) in [5.41, 5.74) is 1.04. The third kappa shape index (κ3) is 9.20. The number of hydrazone groups is 1. The van der Waals surface area contributed by atoms with Crippen LogP contribution in [-0.4, -0.2) is 22.0 Å². The molecule has 1 aromatic carbocycles. The molecule has 0 bridgehead atoms. The lowest BCUT2D eigenvalue weighted by Crippen LogP contribution is -2.17. The molecule has 0 aliphatic carbocycles. The van der Waals surface area contributed by atoms with Crippen molar-refractivity contribution in [2.45, 2.75) is 71.1 Å². The zero-order valence-corrected chi connectivity index (χ0v) is 16.3.